The molecule has 0 heterocycles. The lowest BCUT2D eigenvalue weighted by Gasteiger charge is -2.13. The fraction of sp³-hybridized carbons (Fsp3) is 0.833. The standard InChI is InChI=1S/C6H12O5P/c1-3-10-12(9,11-4-2)5-6(7)8/h3-5H2,1-2H3. The van der Waals surface area contributed by atoms with Gasteiger partial charge in [0.25, 0.3) is 0 Å². The van der Waals surface area contributed by atoms with E-state index in [-0.39, 0.29) is 13.2 Å². The van der Waals surface area contributed by atoms with Gasteiger partial charge in [0.05, 0.1) is 13.2 Å². The Balaban J connectivity index is 4.18. The average Bonchev–Trinajstić information content (AvgIpc) is 1.85. The zero-order valence-corrected chi connectivity index (χ0v) is 8.00. The molecule has 1 radical (unpaired) electrons. The third-order valence-electron chi connectivity index (χ3n) is 0.974. The first-order chi connectivity index (χ1) is 5.54. The molecule has 0 aliphatic heterocycles. The molecule has 0 aliphatic rings. The van der Waals surface area contributed by atoms with Crippen LogP contribution in [0.3, 0.4) is 0 Å². The molecule has 0 saturated carbocycles. The molecule has 0 bridgehead atoms. The molecule has 6 heteroatoms. The van der Waals surface area contributed by atoms with Gasteiger partial charge in [0.2, 0.25) is 0 Å². The topological polar surface area (TPSA) is 72.5 Å². The maximum atomic E-state index is 11.4. The van der Waals surface area contributed by atoms with Gasteiger partial charge in [-0.1, -0.05) is 0 Å². The van der Waals surface area contributed by atoms with Crippen molar-refractivity contribution in [1.29, 1.82) is 0 Å². The molecular formula is C6H12O5P. The third-order valence-corrected chi connectivity index (χ3v) is 2.92. The fourth-order valence-corrected chi connectivity index (χ4v) is 2.04. The van der Waals surface area contributed by atoms with Crippen LogP contribution < -0.4 is 0 Å². The van der Waals surface area contributed by atoms with Gasteiger partial charge < -0.3 is 9.05 Å². The monoisotopic (exact) mass is 195 g/mol. The highest BCUT2D eigenvalue weighted by Gasteiger charge is 2.28. The first-order valence-corrected chi connectivity index (χ1v) is 5.35. The quantitative estimate of drug-likeness (QED) is 0.597. The normalized spacial score (nSPS) is 11.5. The molecule has 0 rings (SSSR count). The molecule has 0 aliphatic carbocycles. The summed E-state index contributed by atoms with van der Waals surface area (Å²) in [6, 6.07) is 0. The molecule has 0 spiro atoms. The molecule has 0 amide bonds. The van der Waals surface area contributed by atoms with Crippen LogP contribution in [0, 0.1) is 0 Å². The summed E-state index contributed by atoms with van der Waals surface area (Å²) in [5, 5.41) is 10.1. The van der Waals surface area contributed by atoms with Gasteiger partial charge in [0.15, 0.2) is 6.16 Å². The first kappa shape index (κ1) is 11.6. The molecule has 5 nitrogen and oxygen atoms in total. The molecule has 0 N–H and O–H groups in total. The minimum absolute atomic E-state index is 0.157. The lowest BCUT2D eigenvalue weighted by molar-refractivity contribution is -0.140. The van der Waals surface area contributed by atoms with E-state index in [0.717, 1.165) is 0 Å². The van der Waals surface area contributed by atoms with Gasteiger partial charge in [0.1, 0.15) is 0 Å². The molecule has 0 unspecified atom stereocenters. The Hall–Kier alpha value is -0.380. The highest BCUT2D eigenvalue weighted by atomic mass is 31.2. The van der Waals surface area contributed by atoms with Crippen LogP contribution in [0.25, 0.3) is 0 Å². The van der Waals surface area contributed by atoms with Crippen LogP contribution >= 0.6 is 7.60 Å². The SMILES string of the molecule is CCOP(=O)(CC([O])=O)OCC. The second-order valence-electron chi connectivity index (χ2n) is 1.98. The average molecular weight is 195 g/mol. The van der Waals surface area contributed by atoms with Crippen LogP contribution in [0.5, 0.6) is 0 Å². The van der Waals surface area contributed by atoms with Crippen molar-refractivity contribution >= 4 is 13.6 Å². The van der Waals surface area contributed by atoms with Crippen molar-refractivity contribution in [1.82, 2.24) is 0 Å². The smallest absolute Gasteiger partial charge is 0.308 e. The Labute approximate surface area is 71.2 Å². The van der Waals surface area contributed by atoms with Gasteiger partial charge in [-0.15, -0.1) is 0 Å². The van der Waals surface area contributed by atoms with Gasteiger partial charge in [-0.3, -0.25) is 4.57 Å². The molecule has 0 fully saturated rings. The molecule has 71 valence electrons. The lowest BCUT2D eigenvalue weighted by atomic mass is 10.8. The van der Waals surface area contributed by atoms with Crippen LogP contribution in [0.15, 0.2) is 0 Å². The summed E-state index contributed by atoms with van der Waals surface area (Å²) in [5.74, 6) is -1.43. The minimum Gasteiger partial charge on any atom is -0.308 e. The maximum absolute atomic E-state index is 11.4. The summed E-state index contributed by atoms with van der Waals surface area (Å²) < 4.78 is 20.7. The van der Waals surface area contributed by atoms with E-state index in [0.29, 0.717) is 0 Å². The molecule has 0 aromatic heterocycles. The summed E-state index contributed by atoms with van der Waals surface area (Å²) in [4.78, 5) is 10.1. The molecule has 0 aromatic carbocycles. The van der Waals surface area contributed by atoms with Crippen molar-refractivity contribution in [2.45, 2.75) is 13.8 Å². The van der Waals surface area contributed by atoms with E-state index in [1.165, 1.54) is 0 Å². The largest absolute Gasteiger partial charge is 0.367 e. The van der Waals surface area contributed by atoms with E-state index < -0.39 is 19.7 Å². The Kier molecular flexibility index (Phi) is 5.13. The zero-order chi connectivity index (χ0) is 9.61. The summed E-state index contributed by atoms with van der Waals surface area (Å²) in [5.41, 5.74) is 0. The number of hydrogen-bond acceptors (Lipinski definition) is 4. The van der Waals surface area contributed by atoms with E-state index in [1.54, 1.807) is 13.8 Å². The van der Waals surface area contributed by atoms with E-state index in [2.05, 4.69) is 0 Å². The van der Waals surface area contributed by atoms with Crippen LogP contribution in [-0.2, 0) is 23.5 Å². The third kappa shape index (κ3) is 4.49. The van der Waals surface area contributed by atoms with Crippen molar-refractivity contribution in [3.63, 3.8) is 0 Å². The Bertz CT molecular complexity index is 180. The van der Waals surface area contributed by atoms with Crippen molar-refractivity contribution in [3.05, 3.63) is 0 Å². The maximum Gasteiger partial charge on any atom is 0.367 e. The van der Waals surface area contributed by atoms with Crippen molar-refractivity contribution in [3.8, 4) is 0 Å². The predicted molar refractivity (Wildman–Crippen MR) is 41.4 cm³/mol. The van der Waals surface area contributed by atoms with Gasteiger partial charge in [-0.2, -0.15) is 0 Å². The minimum atomic E-state index is -3.44. The highest BCUT2D eigenvalue weighted by Crippen LogP contribution is 2.47. The first-order valence-electron chi connectivity index (χ1n) is 3.62. The predicted octanol–water partition coefficient (Wildman–Crippen LogP) is 1.21. The Morgan fingerprint density at radius 1 is 1.25 bits per heavy atom. The summed E-state index contributed by atoms with van der Waals surface area (Å²) >= 11 is 0. The Morgan fingerprint density at radius 2 is 1.67 bits per heavy atom. The van der Waals surface area contributed by atoms with E-state index in [9.17, 15) is 14.5 Å². The van der Waals surface area contributed by atoms with Gasteiger partial charge in [-0.25, -0.2) is 9.90 Å². The number of rotatable bonds is 6. The molecule has 0 atom stereocenters. The molecule has 0 saturated heterocycles. The number of carbonyl (C=O) groups is 1. The summed E-state index contributed by atoms with van der Waals surface area (Å²) in [6.07, 6.45) is -0.686. The van der Waals surface area contributed by atoms with E-state index >= 15 is 0 Å². The summed E-state index contributed by atoms with van der Waals surface area (Å²) in [7, 11) is -3.44. The van der Waals surface area contributed by atoms with Crippen molar-refractivity contribution < 1.29 is 23.5 Å². The van der Waals surface area contributed by atoms with Gasteiger partial charge in [0, 0.05) is 0 Å². The lowest BCUT2D eigenvalue weighted by Crippen LogP contribution is -2.07. The Morgan fingerprint density at radius 3 is 1.92 bits per heavy atom. The number of hydrogen-bond donors (Lipinski definition) is 0. The van der Waals surface area contributed by atoms with Crippen LogP contribution in [-0.4, -0.2) is 25.3 Å². The second kappa shape index (κ2) is 5.30. The molecule has 0 aromatic rings. The zero-order valence-electron chi connectivity index (χ0n) is 7.11. The van der Waals surface area contributed by atoms with Crippen molar-refractivity contribution in [2.24, 2.45) is 0 Å². The second-order valence-corrected chi connectivity index (χ2v) is 4.03. The fourth-order valence-electron chi connectivity index (χ4n) is 0.680. The molecular weight excluding hydrogens is 183 g/mol. The highest BCUT2D eigenvalue weighted by molar-refractivity contribution is 7.54. The van der Waals surface area contributed by atoms with Gasteiger partial charge >= 0.3 is 13.6 Å². The van der Waals surface area contributed by atoms with Crippen LogP contribution in [0.4, 0.5) is 0 Å². The molecule has 12 heavy (non-hydrogen) atoms. The van der Waals surface area contributed by atoms with Crippen LogP contribution in [0.2, 0.25) is 0 Å². The van der Waals surface area contributed by atoms with E-state index in [1.807, 2.05) is 0 Å². The van der Waals surface area contributed by atoms with Gasteiger partial charge in [-0.05, 0) is 13.8 Å². The van der Waals surface area contributed by atoms with E-state index in [4.69, 9.17) is 9.05 Å². The number of carbonyl (C=O) groups excluding carboxylic acids is 1. The van der Waals surface area contributed by atoms with Crippen LogP contribution in [0.1, 0.15) is 13.8 Å². The van der Waals surface area contributed by atoms with Crippen molar-refractivity contribution in [2.75, 3.05) is 19.4 Å². The summed E-state index contributed by atoms with van der Waals surface area (Å²) in [6.45, 7) is 3.54.